The lowest BCUT2D eigenvalue weighted by atomic mass is 10.1. The molecule has 0 aromatic rings. The first kappa shape index (κ1) is 14.8. The fourth-order valence-electron chi connectivity index (χ4n) is 2.07. The molecule has 3 N–H and O–H groups in total. The molecule has 0 aromatic carbocycles. The number of nitrogens with zero attached hydrogens (tertiary/aromatic N) is 1. The van der Waals surface area contributed by atoms with E-state index in [2.05, 4.69) is 22.5 Å². The van der Waals surface area contributed by atoms with Crippen molar-refractivity contribution in [2.75, 3.05) is 26.2 Å². The second-order valence-electron chi connectivity index (χ2n) is 4.73. The summed E-state index contributed by atoms with van der Waals surface area (Å²) in [6, 6.07) is 0.0376. The summed E-state index contributed by atoms with van der Waals surface area (Å²) in [5.41, 5.74) is 0. The number of carbonyl (C=O) groups is 2. The fraction of sp³-hybridized carbons (Fsp3) is 0.833. The smallest absolute Gasteiger partial charge is 0.314 e. The Hall–Kier alpha value is -1.30. The van der Waals surface area contributed by atoms with E-state index in [1.807, 2.05) is 0 Å². The molecule has 6 nitrogen and oxygen atoms in total. The van der Waals surface area contributed by atoms with Crippen LogP contribution in [0.1, 0.15) is 32.6 Å². The van der Waals surface area contributed by atoms with Crippen LogP contribution in [0.15, 0.2) is 0 Å². The van der Waals surface area contributed by atoms with Gasteiger partial charge in [-0.1, -0.05) is 6.42 Å². The van der Waals surface area contributed by atoms with E-state index in [0.717, 1.165) is 13.1 Å². The van der Waals surface area contributed by atoms with E-state index in [-0.39, 0.29) is 19.0 Å². The summed E-state index contributed by atoms with van der Waals surface area (Å²) in [6.45, 7) is 5.06. The molecule has 1 heterocycles. The number of piperidine rings is 1. The van der Waals surface area contributed by atoms with Crippen LogP contribution in [0.5, 0.6) is 0 Å². The molecular weight excluding hydrogens is 234 g/mol. The number of hydrogen-bond donors (Lipinski definition) is 3. The van der Waals surface area contributed by atoms with Gasteiger partial charge in [0.15, 0.2) is 0 Å². The Morgan fingerprint density at radius 2 is 1.89 bits per heavy atom. The number of carboxylic acid groups (broad SMARTS) is 1. The zero-order valence-corrected chi connectivity index (χ0v) is 10.9. The van der Waals surface area contributed by atoms with E-state index in [1.54, 1.807) is 0 Å². The van der Waals surface area contributed by atoms with Crippen LogP contribution in [0.2, 0.25) is 0 Å². The van der Waals surface area contributed by atoms with Crippen molar-refractivity contribution in [3.63, 3.8) is 0 Å². The predicted octanol–water partition coefficient (Wildman–Crippen LogP) is 0.635. The molecule has 1 aliphatic heterocycles. The Balaban J connectivity index is 2.11. The third-order valence-electron chi connectivity index (χ3n) is 3.20. The molecule has 1 rings (SSSR count). The van der Waals surface area contributed by atoms with Crippen molar-refractivity contribution in [3.05, 3.63) is 0 Å². The highest BCUT2D eigenvalue weighted by atomic mass is 16.4. The maximum absolute atomic E-state index is 11.4. The summed E-state index contributed by atoms with van der Waals surface area (Å²) < 4.78 is 0. The van der Waals surface area contributed by atoms with E-state index in [0.29, 0.717) is 12.6 Å². The van der Waals surface area contributed by atoms with Gasteiger partial charge in [0, 0.05) is 19.1 Å². The fourth-order valence-corrected chi connectivity index (χ4v) is 2.07. The molecule has 1 saturated heterocycles. The summed E-state index contributed by atoms with van der Waals surface area (Å²) >= 11 is 0. The third kappa shape index (κ3) is 5.86. The minimum Gasteiger partial charge on any atom is -0.481 e. The van der Waals surface area contributed by atoms with Gasteiger partial charge in [-0.15, -0.1) is 0 Å². The number of hydrogen-bond acceptors (Lipinski definition) is 3. The van der Waals surface area contributed by atoms with Crippen LogP contribution in [-0.4, -0.2) is 54.2 Å². The number of amides is 2. The Kier molecular flexibility index (Phi) is 6.49. The molecule has 0 radical (unpaired) electrons. The van der Waals surface area contributed by atoms with Crippen LogP contribution in [-0.2, 0) is 4.79 Å². The van der Waals surface area contributed by atoms with Gasteiger partial charge in [0.2, 0.25) is 0 Å². The standard InChI is InChI=1S/C12H23N3O3/c1-10(15-7-3-2-4-8-15)9-14-12(18)13-6-5-11(16)17/h10H,2-9H2,1H3,(H,16,17)(H2,13,14,18). The highest BCUT2D eigenvalue weighted by Gasteiger charge is 2.16. The van der Waals surface area contributed by atoms with E-state index < -0.39 is 5.97 Å². The molecule has 2 amide bonds. The number of carboxylic acids is 1. The van der Waals surface area contributed by atoms with Crippen molar-refractivity contribution >= 4 is 12.0 Å². The van der Waals surface area contributed by atoms with Gasteiger partial charge in [0.25, 0.3) is 0 Å². The average Bonchev–Trinajstić information content (AvgIpc) is 2.36. The van der Waals surface area contributed by atoms with Gasteiger partial charge in [-0.3, -0.25) is 9.69 Å². The first-order valence-corrected chi connectivity index (χ1v) is 6.57. The largest absolute Gasteiger partial charge is 0.481 e. The number of nitrogens with one attached hydrogen (secondary N) is 2. The number of carbonyl (C=O) groups excluding carboxylic acids is 1. The molecular formula is C12H23N3O3. The molecule has 0 spiro atoms. The molecule has 0 aliphatic carbocycles. The number of aliphatic carboxylic acids is 1. The molecule has 6 heteroatoms. The highest BCUT2D eigenvalue weighted by Crippen LogP contribution is 2.11. The van der Waals surface area contributed by atoms with Gasteiger partial charge < -0.3 is 15.7 Å². The molecule has 104 valence electrons. The maximum Gasteiger partial charge on any atom is 0.314 e. The summed E-state index contributed by atoms with van der Waals surface area (Å²) in [4.78, 5) is 24.0. The Morgan fingerprint density at radius 3 is 2.50 bits per heavy atom. The van der Waals surface area contributed by atoms with Crippen molar-refractivity contribution in [2.45, 2.75) is 38.6 Å². The third-order valence-corrected chi connectivity index (χ3v) is 3.20. The van der Waals surface area contributed by atoms with E-state index in [1.165, 1.54) is 19.3 Å². The van der Waals surface area contributed by atoms with Crippen molar-refractivity contribution < 1.29 is 14.7 Å². The van der Waals surface area contributed by atoms with Crippen molar-refractivity contribution in [2.24, 2.45) is 0 Å². The average molecular weight is 257 g/mol. The molecule has 1 unspecified atom stereocenters. The first-order chi connectivity index (χ1) is 8.59. The van der Waals surface area contributed by atoms with Crippen LogP contribution in [0, 0.1) is 0 Å². The van der Waals surface area contributed by atoms with Crippen molar-refractivity contribution in [3.8, 4) is 0 Å². The van der Waals surface area contributed by atoms with Crippen molar-refractivity contribution in [1.82, 2.24) is 15.5 Å². The quantitative estimate of drug-likeness (QED) is 0.652. The number of rotatable bonds is 6. The van der Waals surface area contributed by atoms with Gasteiger partial charge >= 0.3 is 12.0 Å². The maximum atomic E-state index is 11.4. The lowest BCUT2D eigenvalue weighted by Crippen LogP contribution is -2.47. The van der Waals surface area contributed by atoms with Gasteiger partial charge in [0.05, 0.1) is 6.42 Å². The second kappa shape index (κ2) is 7.92. The summed E-state index contributed by atoms with van der Waals surface area (Å²) in [7, 11) is 0. The van der Waals surface area contributed by atoms with Gasteiger partial charge in [0.1, 0.15) is 0 Å². The zero-order valence-electron chi connectivity index (χ0n) is 10.9. The van der Waals surface area contributed by atoms with Crippen LogP contribution in [0.4, 0.5) is 4.79 Å². The van der Waals surface area contributed by atoms with Crippen LogP contribution >= 0.6 is 0 Å². The monoisotopic (exact) mass is 257 g/mol. The molecule has 0 bridgehead atoms. The van der Waals surface area contributed by atoms with E-state index in [4.69, 9.17) is 5.11 Å². The zero-order chi connectivity index (χ0) is 13.4. The molecule has 1 aliphatic rings. The highest BCUT2D eigenvalue weighted by molar-refractivity contribution is 5.74. The Bertz CT molecular complexity index is 278. The molecule has 0 aromatic heterocycles. The molecule has 1 atom stereocenters. The Labute approximate surface area is 108 Å². The second-order valence-corrected chi connectivity index (χ2v) is 4.73. The van der Waals surface area contributed by atoms with Gasteiger partial charge in [-0.25, -0.2) is 4.79 Å². The lowest BCUT2D eigenvalue weighted by Gasteiger charge is -2.32. The number of likely N-dealkylation sites (tertiary alicyclic amines) is 1. The summed E-state index contributed by atoms with van der Waals surface area (Å²) in [6.07, 6.45) is 3.71. The van der Waals surface area contributed by atoms with E-state index >= 15 is 0 Å². The van der Waals surface area contributed by atoms with Crippen LogP contribution in [0.25, 0.3) is 0 Å². The first-order valence-electron chi connectivity index (χ1n) is 6.57. The van der Waals surface area contributed by atoms with Gasteiger partial charge in [-0.05, 0) is 32.9 Å². The molecule has 1 fully saturated rings. The van der Waals surface area contributed by atoms with E-state index in [9.17, 15) is 9.59 Å². The summed E-state index contributed by atoms with van der Waals surface area (Å²) in [5.74, 6) is -0.906. The minimum atomic E-state index is -0.906. The topological polar surface area (TPSA) is 81.7 Å². The van der Waals surface area contributed by atoms with Gasteiger partial charge in [-0.2, -0.15) is 0 Å². The van der Waals surface area contributed by atoms with Crippen LogP contribution < -0.4 is 10.6 Å². The predicted molar refractivity (Wildman–Crippen MR) is 68.5 cm³/mol. The lowest BCUT2D eigenvalue weighted by molar-refractivity contribution is -0.136. The Morgan fingerprint density at radius 1 is 1.22 bits per heavy atom. The molecule has 18 heavy (non-hydrogen) atoms. The molecule has 0 saturated carbocycles. The normalized spacial score (nSPS) is 18.1. The van der Waals surface area contributed by atoms with Crippen LogP contribution in [0.3, 0.4) is 0 Å². The SMILES string of the molecule is CC(CNC(=O)NCCC(=O)O)N1CCCCC1. The van der Waals surface area contributed by atoms with Crippen molar-refractivity contribution in [1.29, 1.82) is 0 Å². The summed E-state index contributed by atoms with van der Waals surface area (Å²) in [5, 5.41) is 13.7. The minimum absolute atomic E-state index is 0.0465. The number of urea groups is 1.